The molecule has 0 aliphatic carbocycles. The van der Waals surface area contributed by atoms with Crippen molar-refractivity contribution in [3.05, 3.63) is 102 Å². The van der Waals surface area contributed by atoms with Gasteiger partial charge < -0.3 is 102 Å². The number of phenolic OH excluding ortho intramolecular Hbond substituents is 1. The molecule has 0 spiro atoms. The van der Waals surface area contributed by atoms with Gasteiger partial charge in [0.15, 0.2) is 11.9 Å². The molecule has 12 amide bonds. The van der Waals surface area contributed by atoms with Crippen LogP contribution in [-0.2, 0) is 76.8 Å². The van der Waals surface area contributed by atoms with Crippen LogP contribution in [-0.4, -0.2) is 209 Å². The van der Waals surface area contributed by atoms with Crippen molar-refractivity contribution in [3.63, 3.8) is 0 Å². The first-order valence-electron chi connectivity index (χ1n) is 34.4. The molecule has 23 N–H and O–H groups in total. The van der Waals surface area contributed by atoms with Crippen LogP contribution in [0.25, 0.3) is 0 Å². The minimum Gasteiger partial charge on any atom is -0.508 e. The Labute approximate surface area is 593 Å². The van der Waals surface area contributed by atoms with Crippen LogP contribution < -0.4 is 82.3 Å². The van der Waals surface area contributed by atoms with Gasteiger partial charge in [-0.1, -0.05) is 107 Å². The zero-order chi connectivity index (χ0) is 75.2. The lowest BCUT2D eigenvalue weighted by Crippen LogP contribution is -2.61. The summed E-state index contributed by atoms with van der Waals surface area (Å²) in [4.78, 5) is 179. The standard InChI is InChI=1S/C69H103N19O14/c1-6-40(4)56(86-64(99)54-24-16-32-88(54)67(102)51(33-39(2)3)84-61(96)49(35-43-19-11-8-12-20-43)80-55(91)37-78-59(94)46(70)34-42-17-9-7-10-18-42)65(100)83-50(36-44-25-27-45(90)28-26-44)62(97)81-47(21-13-29-76-68(72)73)60(95)82-48(22-14-30-77-69(74)75)66(101)87-31-15-23-53(87)63(98)79-41(5)58(93)85-52(38-89)57(71)92/h7-12,17-20,25-28,39-41,46-54,56,89-90H,6,13-16,21-24,29-38,70H2,1-5H3,(H2,71,92)(H,78,94)(H,79,98)(H,80,91)(H,81,97)(H,82,95)(H,83,100)(H,84,96)(H,85,93)(H,86,99)(H4,72,73,76)(H4,74,75,77)/t40-,41+,46+,47+,48+,49+,50+,51+,52+,53+,54-,56-/m1/s1. The summed E-state index contributed by atoms with van der Waals surface area (Å²) in [6.07, 6.45) is 1.44. The number of primary amides is 1. The van der Waals surface area contributed by atoms with Crippen molar-refractivity contribution >= 4 is 82.8 Å². The third-order valence-electron chi connectivity index (χ3n) is 17.5. The maximum absolute atomic E-state index is 15.0. The van der Waals surface area contributed by atoms with E-state index in [0.29, 0.717) is 30.4 Å². The smallest absolute Gasteiger partial charge is 0.245 e. The number of aromatic hydroxyl groups is 1. The van der Waals surface area contributed by atoms with Crippen molar-refractivity contribution < 1.29 is 67.7 Å². The highest BCUT2D eigenvalue weighted by molar-refractivity contribution is 6.00. The molecular formula is C69H103N19O14. The highest BCUT2D eigenvalue weighted by atomic mass is 16.3. The van der Waals surface area contributed by atoms with Gasteiger partial charge in [-0.25, -0.2) is 0 Å². The van der Waals surface area contributed by atoms with Crippen molar-refractivity contribution in [1.29, 1.82) is 0 Å². The van der Waals surface area contributed by atoms with Gasteiger partial charge in [0.1, 0.15) is 66.2 Å². The molecule has 33 heteroatoms. The van der Waals surface area contributed by atoms with E-state index in [1.165, 1.54) is 41.0 Å². The Morgan fingerprint density at radius 2 is 0.971 bits per heavy atom. The van der Waals surface area contributed by atoms with Gasteiger partial charge in [0, 0.05) is 39.0 Å². The van der Waals surface area contributed by atoms with Gasteiger partial charge in [-0.3, -0.25) is 67.5 Å². The summed E-state index contributed by atoms with van der Waals surface area (Å²) in [5.74, 6) is -10.6. The zero-order valence-electron chi connectivity index (χ0n) is 58.6. The highest BCUT2D eigenvalue weighted by Crippen LogP contribution is 2.24. The molecule has 5 rings (SSSR count). The topological polar surface area (TPSA) is 541 Å². The second-order valence-corrected chi connectivity index (χ2v) is 26.1. The van der Waals surface area contributed by atoms with Gasteiger partial charge in [-0.05, 0) is 112 Å². The molecule has 2 heterocycles. The highest BCUT2D eigenvalue weighted by Gasteiger charge is 2.43. The second-order valence-electron chi connectivity index (χ2n) is 26.1. The Kier molecular flexibility index (Phi) is 33.3. The number of hydrogen-bond acceptors (Lipinski definition) is 17. The van der Waals surface area contributed by atoms with E-state index in [0.717, 1.165) is 5.56 Å². The number of nitrogens with one attached hydrogen (secondary N) is 9. The molecule has 0 aromatic heterocycles. The molecule has 558 valence electrons. The molecule has 2 aliphatic rings. The van der Waals surface area contributed by atoms with E-state index in [1.54, 1.807) is 44.2 Å². The van der Waals surface area contributed by atoms with Crippen LogP contribution in [0.4, 0.5) is 0 Å². The molecule has 3 aromatic rings. The zero-order valence-corrected chi connectivity index (χ0v) is 58.6. The Hall–Kier alpha value is -10.4. The Morgan fingerprint density at radius 3 is 1.48 bits per heavy atom. The summed E-state index contributed by atoms with van der Waals surface area (Å²) >= 11 is 0. The predicted octanol–water partition coefficient (Wildman–Crippen LogP) is -3.58. The van der Waals surface area contributed by atoms with E-state index in [-0.39, 0.29) is 114 Å². The van der Waals surface area contributed by atoms with E-state index < -0.39 is 156 Å². The average molecular weight is 1420 g/mol. The van der Waals surface area contributed by atoms with Crippen LogP contribution in [0.15, 0.2) is 94.9 Å². The fraction of sp³-hybridized carbons (Fsp3) is 0.536. The minimum atomic E-state index is -1.50. The van der Waals surface area contributed by atoms with Crippen LogP contribution >= 0.6 is 0 Å². The number of nitrogens with two attached hydrogens (primary N) is 6. The number of nitrogens with zero attached hydrogens (tertiary/aromatic N) is 4. The molecule has 0 saturated carbocycles. The number of guanidine groups is 2. The number of carbonyl (C=O) groups excluding carboxylic acids is 12. The summed E-state index contributed by atoms with van der Waals surface area (Å²) in [5.41, 5.74) is 35.8. The predicted molar refractivity (Wildman–Crippen MR) is 379 cm³/mol. The molecule has 0 bridgehead atoms. The lowest BCUT2D eigenvalue weighted by molar-refractivity contribution is -0.143. The summed E-state index contributed by atoms with van der Waals surface area (Å²) < 4.78 is 0. The van der Waals surface area contributed by atoms with Crippen molar-refractivity contribution in [1.82, 2.24) is 57.7 Å². The largest absolute Gasteiger partial charge is 0.508 e. The minimum absolute atomic E-state index is 0.00492. The monoisotopic (exact) mass is 1420 g/mol. The summed E-state index contributed by atoms with van der Waals surface area (Å²) in [5, 5.41) is 43.7. The second kappa shape index (κ2) is 41.3. The first-order chi connectivity index (χ1) is 48.5. The summed E-state index contributed by atoms with van der Waals surface area (Å²) in [6, 6.07) is 9.67. The third kappa shape index (κ3) is 26.6. The number of hydrogen-bond donors (Lipinski definition) is 17. The van der Waals surface area contributed by atoms with Crippen molar-refractivity contribution in [2.75, 3.05) is 39.3 Å². The lowest BCUT2D eigenvalue weighted by Gasteiger charge is -2.32. The third-order valence-corrected chi connectivity index (χ3v) is 17.5. The van der Waals surface area contributed by atoms with E-state index in [1.807, 2.05) is 44.2 Å². The number of aliphatic hydroxyl groups excluding tert-OH is 1. The van der Waals surface area contributed by atoms with Crippen molar-refractivity contribution in [2.45, 2.75) is 185 Å². The summed E-state index contributed by atoms with van der Waals surface area (Å²) in [6.45, 7) is 7.36. The molecule has 2 fully saturated rings. The molecule has 2 aliphatic heterocycles. The molecular weight excluding hydrogens is 1320 g/mol. The number of aliphatic hydroxyl groups is 1. The van der Waals surface area contributed by atoms with Gasteiger partial charge in [-0.2, -0.15) is 0 Å². The number of carbonyl (C=O) groups is 12. The van der Waals surface area contributed by atoms with Crippen LogP contribution in [0, 0.1) is 11.8 Å². The Bertz CT molecular complexity index is 3390. The molecule has 33 nitrogen and oxygen atoms in total. The quantitative estimate of drug-likeness (QED) is 0.0149. The van der Waals surface area contributed by atoms with E-state index >= 15 is 0 Å². The first-order valence-corrected chi connectivity index (χ1v) is 34.4. The average Bonchev–Trinajstić information content (AvgIpc) is 1.57. The van der Waals surface area contributed by atoms with Gasteiger partial charge in [0.05, 0.1) is 19.2 Å². The number of aliphatic imine (C=N–C) groups is 2. The van der Waals surface area contributed by atoms with Gasteiger partial charge in [0.2, 0.25) is 70.9 Å². The normalized spacial score (nSPS) is 17.0. The van der Waals surface area contributed by atoms with Crippen molar-refractivity contribution in [3.8, 4) is 5.75 Å². The van der Waals surface area contributed by atoms with Crippen LogP contribution in [0.2, 0.25) is 0 Å². The van der Waals surface area contributed by atoms with Crippen LogP contribution in [0.1, 0.15) is 116 Å². The molecule has 102 heavy (non-hydrogen) atoms. The fourth-order valence-electron chi connectivity index (χ4n) is 11.8. The SMILES string of the molecule is CC[C@@H](C)[C@@H](NC(=O)[C@H]1CCCN1C(=O)[C@H](CC(C)C)NC(=O)[C@H](Cc1ccccc1)NC(=O)CNC(=O)[C@@H](N)Cc1ccccc1)C(=O)N[C@@H](Cc1ccc(O)cc1)C(=O)N[C@@H](CCCN=C(N)N)C(=O)N[C@@H](CCCN=C(N)N)C(=O)N1CCC[C@H]1C(=O)N[C@@H](C)C(=O)N[C@@H](CO)C(N)=O. The van der Waals surface area contributed by atoms with Gasteiger partial charge in [-0.15, -0.1) is 0 Å². The van der Waals surface area contributed by atoms with Gasteiger partial charge >= 0.3 is 0 Å². The fourth-order valence-corrected chi connectivity index (χ4v) is 11.8. The Morgan fingerprint density at radius 1 is 0.520 bits per heavy atom. The number of amides is 12. The van der Waals surface area contributed by atoms with Crippen LogP contribution in [0.3, 0.4) is 0 Å². The van der Waals surface area contributed by atoms with E-state index in [9.17, 15) is 67.7 Å². The number of benzene rings is 3. The molecule has 0 radical (unpaired) electrons. The van der Waals surface area contributed by atoms with Crippen molar-refractivity contribution in [2.24, 2.45) is 56.2 Å². The van der Waals surface area contributed by atoms with Gasteiger partial charge in [0.25, 0.3) is 0 Å². The van der Waals surface area contributed by atoms with Crippen LogP contribution in [0.5, 0.6) is 5.75 Å². The Balaban J connectivity index is 1.37. The number of phenols is 1. The lowest BCUT2D eigenvalue weighted by atomic mass is 9.96. The maximum Gasteiger partial charge on any atom is 0.245 e. The summed E-state index contributed by atoms with van der Waals surface area (Å²) in [7, 11) is 0. The first kappa shape index (κ1) is 82.2. The molecule has 12 atom stereocenters. The van der Waals surface area contributed by atoms with E-state index in [4.69, 9.17) is 34.4 Å². The maximum atomic E-state index is 15.0. The molecule has 3 aromatic carbocycles. The van der Waals surface area contributed by atoms with E-state index in [2.05, 4.69) is 57.8 Å². The number of rotatable bonds is 40. The molecule has 0 unspecified atom stereocenters. The molecule has 2 saturated heterocycles. The number of likely N-dealkylation sites (tertiary alicyclic amines) is 2.